The Labute approximate surface area is 191 Å². The van der Waals surface area contributed by atoms with E-state index in [2.05, 4.69) is 16.8 Å². The molecule has 0 aliphatic carbocycles. The molecule has 1 heterocycles. The zero-order valence-corrected chi connectivity index (χ0v) is 17.9. The van der Waals surface area contributed by atoms with E-state index in [1.807, 2.05) is 66.7 Å². The number of carbonyl (C=O) groups excluding carboxylic acids is 1. The van der Waals surface area contributed by atoms with Crippen LogP contribution in [0.1, 0.15) is 5.56 Å². The van der Waals surface area contributed by atoms with Crippen molar-refractivity contribution in [2.24, 2.45) is 10.2 Å². The molecule has 33 heavy (non-hydrogen) atoms. The topological polar surface area (TPSA) is 85.4 Å². The maximum atomic E-state index is 12.2. The quantitative estimate of drug-likeness (QED) is 0.269. The van der Waals surface area contributed by atoms with Crippen molar-refractivity contribution in [2.45, 2.75) is 6.54 Å². The van der Waals surface area contributed by atoms with E-state index in [4.69, 9.17) is 9.47 Å². The minimum absolute atomic E-state index is 0.0877. The Bertz CT molecular complexity index is 1300. The number of aromatic nitrogens is 1. The van der Waals surface area contributed by atoms with Crippen molar-refractivity contribution in [2.75, 3.05) is 13.2 Å². The summed E-state index contributed by atoms with van der Waals surface area (Å²) in [5.41, 5.74) is 1.87. The minimum Gasteiger partial charge on any atom is -0.493 e. The summed E-state index contributed by atoms with van der Waals surface area (Å²) < 4.78 is 12.9. The highest BCUT2D eigenvalue weighted by atomic mass is 16.5. The summed E-state index contributed by atoms with van der Waals surface area (Å²) in [7, 11) is 0. The number of para-hydroxylation sites is 3. The molecule has 7 heteroatoms. The van der Waals surface area contributed by atoms with Crippen LogP contribution in [0.3, 0.4) is 0 Å². The third kappa shape index (κ3) is 5.10. The van der Waals surface area contributed by atoms with Gasteiger partial charge in [0.1, 0.15) is 18.1 Å². The first-order valence-corrected chi connectivity index (χ1v) is 10.4. The third-order valence-corrected chi connectivity index (χ3v) is 4.94. The number of carbonyl (C=O) groups is 1. The maximum Gasteiger partial charge on any atom is 0.302 e. The smallest absolute Gasteiger partial charge is 0.302 e. The van der Waals surface area contributed by atoms with Gasteiger partial charge < -0.3 is 19.1 Å². The molecular weight excluding hydrogens is 418 g/mol. The number of hydrogen-bond acceptors (Lipinski definition) is 5. The summed E-state index contributed by atoms with van der Waals surface area (Å²) in [5.74, 6) is 0.623. The van der Waals surface area contributed by atoms with Gasteiger partial charge in [0, 0.05) is 10.9 Å². The molecule has 0 aliphatic rings. The van der Waals surface area contributed by atoms with Crippen LogP contribution < -0.4 is 9.47 Å². The van der Waals surface area contributed by atoms with Crippen LogP contribution in [-0.4, -0.2) is 28.8 Å². The lowest BCUT2D eigenvalue weighted by Crippen LogP contribution is -2.07. The van der Waals surface area contributed by atoms with Gasteiger partial charge in [0.2, 0.25) is 5.88 Å². The van der Waals surface area contributed by atoms with Crippen LogP contribution in [0.2, 0.25) is 0 Å². The van der Waals surface area contributed by atoms with E-state index in [9.17, 15) is 9.90 Å². The molecule has 0 atom stereocenters. The summed E-state index contributed by atoms with van der Waals surface area (Å²) in [6.07, 6.45) is 1.68. The Morgan fingerprint density at radius 1 is 0.970 bits per heavy atom. The fourth-order valence-corrected chi connectivity index (χ4v) is 3.42. The fraction of sp³-hybridized carbons (Fsp3) is 0.115. The fourth-order valence-electron chi connectivity index (χ4n) is 3.42. The highest BCUT2D eigenvalue weighted by Gasteiger charge is 2.18. The van der Waals surface area contributed by atoms with E-state index in [1.54, 1.807) is 22.8 Å². The third-order valence-electron chi connectivity index (χ3n) is 4.94. The number of nitrogens with zero attached hydrogens (tertiary/aromatic N) is 3. The van der Waals surface area contributed by atoms with E-state index in [0.717, 1.165) is 11.1 Å². The molecule has 166 valence electrons. The number of hydrogen-bond donors (Lipinski definition) is 1. The Kier molecular flexibility index (Phi) is 6.80. The van der Waals surface area contributed by atoms with E-state index in [1.165, 1.54) is 0 Å². The normalized spacial score (nSPS) is 11.0. The summed E-state index contributed by atoms with van der Waals surface area (Å²) in [4.78, 5) is 12.2. The predicted molar refractivity (Wildman–Crippen MR) is 126 cm³/mol. The van der Waals surface area contributed by atoms with E-state index in [0.29, 0.717) is 30.0 Å². The zero-order valence-electron chi connectivity index (χ0n) is 17.9. The molecule has 0 aliphatic heterocycles. The number of ether oxygens (including phenoxy) is 2. The number of rotatable bonds is 9. The monoisotopic (exact) mass is 441 g/mol. The van der Waals surface area contributed by atoms with Crippen LogP contribution in [0.25, 0.3) is 10.9 Å². The van der Waals surface area contributed by atoms with Gasteiger partial charge in [-0.05, 0) is 24.3 Å². The lowest BCUT2D eigenvalue weighted by Gasteiger charge is -2.12. The molecule has 0 saturated heterocycles. The van der Waals surface area contributed by atoms with Gasteiger partial charge in [0.05, 0.1) is 12.1 Å². The lowest BCUT2D eigenvalue weighted by atomic mass is 10.2. The first-order chi connectivity index (χ1) is 16.2. The second-order valence-corrected chi connectivity index (χ2v) is 7.18. The van der Waals surface area contributed by atoms with Crippen molar-refractivity contribution in [1.82, 2.24) is 4.57 Å². The second kappa shape index (κ2) is 10.3. The Morgan fingerprint density at radius 2 is 1.70 bits per heavy atom. The van der Waals surface area contributed by atoms with Gasteiger partial charge >= 0.3 is 5.91 Å². The molecule has 0 saturated carbocycles. The molecular formula is C26H23N3O4. The van der Waals surface area contributed by atoms with Crippen LogP contribution in [0.5, 0.6) is 17.4 Å². The molecule has 1 aromatic heterocycles. The average molecular weight is 441 g/mol. The van der Waals surface area contributed by atoms with Crippen molar-refractivity contribution in [3.63, 3.8) is 0 Å². The standard InChI is InChI=1S/C26H23N3O4/c1-2-16-32-23-15-9-6-10-19(23)17-29-22-14-8-7-13-21(22)25(26(29)31)28-27-24(30)18-33-20-11-4-3-5-12-20/h2-15,31H,1,16-18H2. The summed E-state index contributed by atoms with van der Waals surface area (Å²) in [5, 5.41) is 19.5. The molecule has 1 amide bonds. The molecule has 4 rings (SSSR count). The van der Waals surface area contributed by atoms with Crippen molar-refractivity contribution >= 4 is 22.5 Å². The van der Waals surface area contributed by atoms with E-state index < -0.39 is 5.91 Å². The number of benzene rings is 3. The van der Waals surface area contributed by atoms with Gasteiger partial charge in [-0.1, -0.05) is 67.3 Å². The molecule has 7 nitrogen and oxygen atoms in total. The molecule has 3 aromatic carbocycles. The van der Waals surface area contributed by atoms with Crippen molar-refractivity contribution in [3.8, 4) is 17.4 Å². The van der Waals surface area contributed by atoms with Gasteiger partial charge in [-0.3, -0.25) is 4.79 Å². The van der Waals surface area contributed by atoms with Crippen LogP contribution >= 0.6 is 0 Å². The van der Waals surface area contributed by atoms with Gasteiger partial charge in [-0.15, -0.1) is 10.2 Å². The summed E-state index contributed by atoms with van der Waals surface area (Å²) in [6.45, 7) is 4.16. The molecule has 0 unspecified atom stereocenters. The molecule has 4 aromatic rings. The molecule has 0 radical (unpaired) electrons. The number of azo groups is 1. The highest BCUT2D eigenvalue weighted by molar-refractivity contribution is 5.95. The Balaban J connectivity index is 1.59. The zero-order chi connectivity index (χ0) is 23.0. The summed E-state index contributed by atoms with van der Waals surface area (Å²) in [6, 6.07) is 24.0. The maximum absolute atomic E-state index is 12.2. The van der Waals surface area contributed by atoms with Crippen LogP contribution in [0.4, 0.5) is 5.69 Å². The predicted octanol–water partition coefficient (Wildman–Crippen LogP) is 5.65. The molecule has 0 bridgehead atoms. The molecule has 0 spiro atoms. The molecule has 0 fully saturated rings. The number of amides is 1. The molecule has 1 N–H and O–H groups in total. The van der Waals surface area contributed by atoms with Crippen LogP contribution in [0.15, 0.2) is 102 Å². The van der Waals surface area contributed by atoms with E-state index in [-0.39, 0.29) is 18.2 Å². The second-order valence-electron chi connectivity index (χ2n) is 7.18. The SMILES string of the molecule is C=CCOc1ccccc1Cn1c(O)c(N=NC(=O)COc2ccccc2)c2ccccc21. The van der Waals surface area contributed by atoms with E-state index >= 15 is 0 Å². The average Bonchev–Trinajstić information content (AvgIpc) is 3.12. The van der Waals surface area contributed by atoms with Crippen molar-refractivity contribution < 1.29 is 19.4 Å². The van der Waals surface area contributed by atoms with Crippen molar-refractivity contribution in [3.05, 3.63) is 97.1 Å². The van der Waals surface area contributed by atoms with Gasteiger partial charge in [0.25, 0.3) is 0 Å². The van der Waals surface area contributed by atoms with Gasteiger partial charge in [-0.25, -0.2) is 0 Å². The first-order valence-electron chi connectivity index (χ1n) is 10.4. The van der Waals surface area contributed by atoms with Crippen LogP contribution in [-0.2, 0) is 11.3 Å². The number of aromatic hydroxyl groups is 1. The van der Waals surface area contributed by atoms with Crippen LogP contribution in [0, 0.1) is 0 Å². The lowest BCUT2D eigenvalue weighted by molar-refractivity contribution is -0.120. The Hall–Kier alpha value is -4.39. The Morgan fingerprint density at radius 3 is 2.52 bits per heavy atom. The van der Waals surface area contributed by atoms with Gasteiger partial charge in [0.15, 0.2) is 12.3 Å². The van der Waals surface area contributed by atoms with Gasteiger partial charge in [-0.2, -0.15) is 0 Å². The van der Waals surface area contributed by atoms with Crippen molar-refractivity contribution in [1.29, 1.82) is 0 Å². The number of fused-ring (bicyclic) bond motifs is 1. The summed E-state index contributed by atoms with van der Waals surface area (Å²) >= 11 is 0. The highest BCUT2D eigenvalue weighted by Crippen LogP contribution is 2.39. The first kappa shape index (κ1) is 21.8. The largest absolute Gasteiger partial charge is 0.493 e. The minimum atomic E-state index is -0.557.